The van der Waals surface area contributed by atoms with Gasteiger partial charge in [-0.25, -0.2) is 4.79 Å². The van der Waals surface area contributed by atoms with Gasteiger partial charge in [-0.3, -0.25) is 0 Å². The third-order valence-electron chi connectivity index (χ3n) is 2.55. The average molecular weight is 199 g/mol. The fraction of sp³-hybridized carbons (Fsp3) is 0.909. The zero-order chi connectivity index (χ0) is 10.4. The Kier molecular flexibility index (Phi) is 4.77. The highest BCUT2D eigenvalue weighted by atomic mass is 16.6. The van der Waals surface area contributed by atoms with Crippen molar-refractivity contribution in [2.45, 2.75) is 52.1 Å². The Morgan fingerprint density at radius 1 is 1.50 bits per heavy atom. The van der Waals surface area contributed by atoms with Gasteiger partial charge in [0.05, 0.1) is 0 Å². The van der Waals surface area contributed by atoms with Crippen LogP contribution in [0.25, 0.3) is 0 Å². The first kappa shape index (κ1) is 11.3. The molecule has 1 aliphatic rings. The Hall–Kier alpha value is -0.730. The van der Waals surface area contributed by atoms with E-state index >= 15 is 0 Å². The van der Waals surface area contributed by atoms with E-state index in [1.54, 1.807) is 0 Å². The topological polar surface area (TPSA) is 38.3 Å². The standard InChI is InChI=1S/C11H21NO2/c1-9(2)5-4-8-12-11(13)14-10-6-3-7-10/h9-10H,3-8H2,1-2H3,(H,12,13). The lowest BCUT2D eigenvalue weighted by Gasteiger charge is -2.25. The molecule has 1 N–H and O–H groups in total. The quantitative estimate of drug-likeness (QED) is 0.691. The molecule has 82 valence electrons. The first-order valence-electron chi connectivity index (χ1n) is 5.63. The number of rotatable bonds is 5. The predicted molar refractivity (Wildman–Crippen MR) is 56.2 cm³/mol. The van der Waals surface area contributed by atoms with Gasteiger partial charge in [0.2, 0.25) is 0 Å². The van der Waals surface area contributed by atoms with Crippen molar-refractivity contribution in [1.29, 1.82) is 0 Å². The summed E-state index contributed by atoms with van der Waals surface area (Å²) in [6.07, 6.45) is 5.43. The molecule has 0 saturated heterocycles. The van der Waals surface area contributed by atoms with Crippen molar-refractivity contribution in [2.24, 2.45) is 5.92 Å². The molecule has 14 heavy (non-hydrogen) atoms. The minimum Gasteiger partial charge on any atom is -0.446 e. The van der Waals surface area contributed by atoms with Gasteiger partial charge < -0.3 is 10.1 Å². The van der Waals surface area contributed by atoms with Crippen molar-refractivity contribution in [3.63, 3.8) is 0 Å². The second-order valence-electron chi connectivity index (χ2n) is 4.42. The Balaban J connectivity index is 1.92. The molecular weight excluding hydrogens is 178 g/mol. The molecule has 0 heterocycles. The van der Waals surface area contributed by atoms with E-state index in [9.17, 15) is 4.79 Å². The smallest absolute Gasteiger partial charge is 0.407 e. The molecule has 0 aromatic carbocycles. The monoisotopic (exact) mass is 199 g/mol. The number of ether oxygens (including phenoxy) is 1. The van der Waals surface area contributed by atoms with Gasteiger partial charge in [0.1, 0.15) is 6.10 Å². The van der Waals surface area contributed by atoms with Gasteiger partial charge in [0.15, 0.2) is 0 Å². The molecule has 1 saturated carbocycles. The summed E-state index contributed by atoms with van der Waals surface area (Å²) in [4.78, 5) is 11.2. The molecule has 0 unspecified atom stereocenters. The van der Waals surface area contributed by atoms with Crippen LogP contribution < -0.4 is 5.32 Å². The maximum atomic E-state index is 11.2. The minimum atomic E-state index is -0.238. The Morgan fingerprint density at radius 3 is 2.71 bits per heavy atom. The van der Waals surface area contributed by atoms with E-state index in [4.69, 9.17) is 4.74 Å². The lowest BCUT2D eigenvalue weighted by atomic mass is 9.96. The largest absolute Gasteiger partial charge is 0.446 e. The van der Waals surface area contributed by atoms with Crippen LogP contribution in [0.2, 0.25) is 0 Å². The number of amides is 1. The Labute approximate surface area is 86.2 Å². The molecule has 1 fully saturated rings. The normalized spacial score (nSPS) is 16.5. The van der Waals surface area contributed by atoms with Gasteiger partial charge in [-0.1, -0.05) is 13.8 Å². The summed E-state index contributed by atoms with van der Waals surface area (Å²) in [5.41, 5.74) is 0. The molecule has 0 aromatic heterocycles. The van der Waals surface area contributed by atoms with Gasteiger partial charge in [-0.15, -0.1) is 0 Å². The van der Waals surface area contributed by atoms with Crippen molar-refractivity contribution in [2.75, 3.05) is 6.54 Å². The number of carbonyl (C=O) groups excluding carboxylic acids is 1. The van der Waals surface area contributed by atoms with Crippen LogP contribution in [0.15, 0.2) is 0 Å². The van der Waals surface area contributed by atoms with Crippen LogP contribution in [0.1, 0.15) is 46.0 Å². The van der Waals surface area contributed by atoms with E-state index in [0.717, 1.165) is 32.2 Å². The Bertz CT molecular complexity index is 176. The second-order valence-corrected chi connectivity index (χ2v) is 4.42. The van der Waals surface area contributed by atoms with E-state index < -0.39 is 0 Å². The van der Waals surface area contributed by atoms with E-state index in [0.29, 0.717) is 5.92 Å². The van der Waals surface area contributed by atoms with Crippen LogP contribution in [0.5, 0.6) is 0 Å². The minimum absolute atomic E-state index is 0.195. The van der Waals surface area contributed by atoms with Crippen molar-refractivity contribution in [1.82, 2.24) is 5.32 Å². The van der Waals surface area contributed by atoms with E-state index in [-0.39, 0.29) is 12.2 Å². The van der Waals surface area contributed by atoms with Crippen LogP contribution >= 0.6 is 0 Å². The SMILES string of the molecule is CC(C)CCCNC(=O)OC1CCC1. The molecule has 0 atom stereocenters. The molecule has 3 nitrogen and oxygen atoms in total. The number of hydrogen-bond donors (Lipinski definition) is 1. The Morgan fingerprint density at radius 2 is 2.21 bits per heavy atom. The van der Waals surface area contributed by atoms with E-state index in [1.165, 1.54) is 6.42 Å². The fourth-order valence-corrected chi connectivity index (χ4v) is 1.38. The maximum Gasteiger partial charge on any atom is 0.407 e. The summed E-state index contributed by atoms with van der Waals surface area (Å²) in [7, 11) is 0. The molecule has 3 heteroatoms. The molecule has 0 spiro atoms. The first-order chi connectivity index (χ1) is 6.68. The number of carbonyl (C=O) groups is 1. The highest BCUT2D eigenvalue weighted by Gasteiger charge is 2.21. The van der Waals surface area contributed by atoms with Crippen molar-refractivity contribution < 1.29 is 9.53 Å². The lowest BCUT2D eigenvalue weighted by Crippen LogP contribution is -2.32. The number of alkyl carbamates (subject to hydrolysis) is 1. The molecule has 1 aliphatic carbocycles. The third-order valence-corrected chi connectivity index (χ3v) is 2.55. The number of hydrogen-bond acceptors (Lipinski definition) is 2. The summed E-state index contributed by atoms with van der Waals surface area (Å²) in [6.45, 7) is 5.11. The third kappa shape index (κ3) is 4.49. The molecule has 0 radical (unpaired) electrons. The highest BCUT2D eigenvalue weighted by molar-refractivity contribution is 5.67. The molecule has 0 aromatic rings. The van der Waals surface area contributed by atoms with Crippen molar-refractivity contribution >= 4 is 6.09 Å². The summed E-state index contributed by atoms with van der Waals surface area (Å²) in [5.74, 6) is 0.708. The van der Waals surface area contributed by atoms with Crippen LogP contribution in [0.3, 0.4) is 0 Å². The zero-order valence-corrected chi connectivity index (χ0v) is 9.21. The first-order valence-corrected chi connectivity index (χ1v) is 5.63. The predicted octanol–water partition coefficient (Wildman–Crippen LogP) is 2.70. The van der Waals surface area contributed by atoms with Crippen molar-refractivity contribution in [3.8, 4) is 0 Å². The average Bonchev–Trinajstić information content (AvgIpc) is 2.05. The van der Waals surface area contributed by atoms with Crippen LogP contribution in [-0.2, 0) is 4.74 Å². The summed E-state index contributed by atoms with van der Waals surface area (Å²) in [5, 5.41) is 2.78. The zero-order valence-electron chi connectivity index (χ0n) is 9.21. The highest BCUT2D eigenvalue weighted by Crippen LogP contribution is 2.21. The second kappa shape index (κ2) is 5.89. The fourth-order valence-electron chi connectivity index (χ4n) is 1.38. The van der Waals surface area contributed by atoms with E-state index in [1.807, 2.05) is 0 Å². The maximum absolute atomic E-state index is 11.2. The van der Waals surface area contributed by atoms with Gasteiger partial charge >= 0.3 is 6.09 Å². The summed E-state index contributed by atoms with van der Waals surface area (Å²) in [6, 6.07) is 0. The molecule has 1 rings (SSSR count). The molecule has 0 aliphatic heterocycles. The molecular formula is C11H21NO2. The van der Waals surface area contributed by atoms with Gasteiger partial charge in [-0.05, 0) is 38.0 Å². The molecule has 1 amide bonds. The van der Waals surface area contributed by atoms with E-state index in [2.05, 4.69) is 19.2 Å². The molecule has 0 bridgehead atoms. The summed E-state index contributed by atoms with van der Waals surface area (Å²) >= 11 is 0. The van der Waals surface area contributed by atoms with Crippen LogP contribution in [0, 0.1) is 5.92 Å². The van der Waals surface area contributed by atoms with Crippen LogP contribution in [0.4, 0.5) is 4.79 Å². The summed E-state index contributed by atoms with van der Waals surface area (Å²) < 4.78 is 5.14. The van der Waals surface area contributed by atoms with Crippen molar-refractivity contribution in [3.05, 3.63) is 0 Å². The van der Waals surface area contributed by atoms with Crippen LogP contribution in [-0.4, -0.2) is 18.7 Å². The van der Waals surface area contributed by atoms with Gasteiger partial charge in [0.25, 0.3) is 0 Å². The number of nitrogens with one attached hydrogen (secondary N) is 1. The van der Waals surface area contributed by atoms with Gasteiger partial charge in [0, 0.05) is 6.54 Å². The lowest BCUT2D eigenvalue weighted by molar-refractivity contribution is 0.0524. The van der Waals surface area contributed by atoms with Gasteiger partial charge in [-0.2, -0.15) is 0 Å².